The number of hydrogen-bond acceptors (Lipinski definition) is 4. The summed E-state index contributed by atoms with van der Waals surface area (Å²) in [5, 5.41) is 0. The monoisotopic (exact) mass is 476 g/mol. The molecule has 184 valence electrons. The van der Waals surface area contributed by atoms with Crippen molar-refractivity contribution in [1.82, 2.24) is 4.90 Å². The SMILES string of the molecule is CCc1ccc(N(C(=O)c2ccc(F)cc2)C2CCN(Cc3ccc(OC)cc3OC)CC2)cc1. The number of likely N-dealkylation sites (tertiary alicyclic amines) is 1. The van der Waals surface area contributed by atoms with Gasteiger partial charge in [0.15, 0.2) is 0 Å². The summed E-state index contributed by atoms with van der Waals surface area (Å²) in [5.41, 5.74) is 3.72. The summed E-state index contributed by atoms with van der Waals surface area (Å²) in [4.78, 5) is 17.9. The number of amides is 1. The van der Waals surface area contributed by atoms with Crippen LogP contribution in [0.25, 0.3) is 0 Å². The van der Waals surface area contributed by atoms with Gasteiger partial charge in [-0.2, -0.15) is 0 Å². The van der Waals surface area contributed by atoms with Crippen molar-refractivity contribution in [3.8, 4) is 11.5 Å². The number of carbonyl (C=O) groups excluding carboxylic acids is 1. The molecule has 1 amide bonds. The van der Waals surface area contributed by atoms with E-state index >= 15 is 0 Å². The van der Waals surface area contributed by atoms with Crippen LogP contribution < -0.4 is 14.4 Å². The lowest BCUT2D eigenvalue weighted by Gasteiger charge is -2.39. The fourth-order valence-corrected chi connectivity index (χ4v) is 4.68. The number of anilines is 1. The van der Waals surface area contributed by atoms with Gasteiger partial charge in [0, 0.05) is 48.6 Å². The second-order valence-corrected chi connectivity index (χ2v) is 8.89. The molecule has 0 aliphatic carbocycles. The van der Waals surface area contributed by atoms with Gasteiger partial charge < -0.3 is 14.4 Å². The second kappa shape index (κ2) is 11.4. The average Bonchev–Trinajstić information content (AvgIpc) is 2.90. The highest BCUT2D eigenvalue weighted by Gasteiger charge is 2.30. The van der Waals surface area contributed by atoms with Crippen molar-refractivity contribution in [2.45, 2.75) is 38.8 Å². The molecular weight excluding hydrogens is 443 g/mol. The Bertz CT molecular complexity index is 1120. The summed E-state index contributed by atoms with van der Waals surface area (Å²) in [6.45, 7) is 4.61. The maximum atomic E-state index is 13.6. The molecule has 0 bridgehead atoms. The Morgan fingerprint density at radius 1 is 0.971 bits per heavy atom. The molecule has 1 aliphatic rings. The van der Waals surface area contributed by atoms with Gasteiger partial charge in [0.2, 0.25) is 0 Å². The molecule has 0 spiro atoms. The van der Waals surface area contributed by atoms with Crippen LogP contribution in [0.1, 0.15) is 41.3 Å². The molecule has 3 aromatic rings. The zero-order valence-electron chi connectivity index (χ0n) is 20.7. The van der Waals surface area contributed by atoms with Crippen molar-refractivity contribution < 1.29 is 18.7 Å². The first kappa shape index (κ1) is 24.7. The van der Waals surface area contributed by atoms with Gasteiger partial charge in [-0.25, -0.2) is 4.39 Å². The first-order valence-corrected chi connectivity index (χ1v) is 12.1. The van der Waals surface area contributed by atoms with E-state index in [2.05, 4.69) is 24.0 Å². The van der Waals surface area contributed by atoms with Gasteiger partial charge in [-0.3, -0.25) is 9.69 Å². The Kier molecular flexibility index (Phi) is 8.03. The number of methoxy groups -OCH3 is 2. The van der Waals surface area contributed by atoms with E-state index in [-0.39, 0.29) is 17.8 Å². The molecule has 0 N–H and O–H groups in total. The third-order valence-corrected chi connectivity index (χ3v) is 6.74. The molecule has 3 aromatic carbocycles. The van der Waals surface area contributed by atoms with Crippen molar-refractivity contribution in [3.05, 3.63) is 89.2 Å². The van der Waals surface area contributed by atoms with Crippen LogP contribution in [-0.2, 0) is 13.0 Å². The minimum atomic E-state index is -0.345. The number of rotatable bonds is 8. The minimum Gasteiger partial charge on any atom is -0.497 e. The molecule has 5 nitrogen and oxygen atoms in total. The lowest BCUT2D eigenvalue weighted by atomic mass is 9.99. The first-order valence-electron chi connectivity index (χ1n) is 12.1. The van der Waals surface area contributed by atoms with Crippen LogP contribution in [0.15, 0.2) is 66.7 Å². The van der Waals surface area contributed by atoms with Crippen molar-refractivity contribution >= 4 is 11.6 Å². The highest BCUT2D eigenvalue weighted by molar-refractivity contribution is 6.06. The summed E-state index contributed by atoms with van der Waals surface area (Å²) in [6, 6.07) is 20.0. The number of benzene rings is 3. The fourth-order valence-electron chi connectivity index (χ4n) is 4.68. The molecule has 35 heavy (non-hydrogen) atoms. The Morgan fingerprint density at radius 2 is 1.66 bits per heavy atom. The Morgan fingerprint density at radius 3 is 2.26 bits per heavy atom. The number of ether oxygens (including phenoxy) is 2. The number of halogens is 1. The lowest BCUT2D eigenvalue weighted by molar-refractivity contribution is 0.0958. The largest absolute Gasteiger partial charge is 0.497 e. The van der Waals surface area contributed by atoms with Gasteiger partial charge in [-0.05, 0) is 67.3 Å². The number of aryl methyl sites for hydroxylation is 1. The molecule has 0 aromatic heterocycles. The van der Waals surface area contributed by atoms with E-state index in [0.717, 1.165) is 61.6 Å². The van der Waals surface area contributed by atoms with E-state index in [1.807, 2.05) is 35.2 Å². The maximum absolute atomic E-state index is 13.6. The van der Waals surface area contributed by atoms with Crippen molar-refractivity contribution in [3.63, 3.8) is 0 Å². The van der Waals surface area contributed by atoms with Crippen LogP contribution in [0, 0.1) is 5.82 Å². The van der Waals surface area contributed by atoms with Crippen LogP contribution in [0.5, 0.6) is 11.5 Å². The Labute approximate surface area is 207 Å². The summed E-state index contributed by atoms with van der Waals surface area (Å²) in [7, 11) is 3.32. The van der Waals surface area contributed by atoms with E-state index in [0.29, 0.717) is 5.56 Å². The van der Waals surface area contributed by atoms with E-state index in [1.54, 1.807) is 26.4 Å². The normalized spacial score (nSPS) is 14.5. The topological polar surface area (TPSA) is 42.0 Å². The Hall–Kier alpha value is -3.38. The highest BCUT2D eigenvalue weighted by atomic mass is 19.1. The maximum Gasteiger partial charge on any atom is 0.258 e. The highest BCUT2D eigenvalue weighted by Crippen LogP contribution is 2.30. The third-order valence-electron chi connectivity index (χ3n) is 6.74. The molecule has 1 fully saturated rings. The van der Waals surface area contributed by atoms with Gasteiger partial charge in [-0.1, -0.05) is 25.1 Å². The molecule has 4 rings (SSSR count). The Balaban J connectivity index is 1.51. The molecular formula is C29H33FN2O3. The summed E-state index contributed by atoms with van der Waals surface area (Å²) in [5.74, 6) is 1.15. The molecule has 1 saturated heterocycles. The van der Waals surface area contributed by atoms with Crippen LogP contribution in [0.4, 0.5) is 10.1 Å². The second-order valence-electron chi connectivity index (χ2n) is 8.89. The standard InChI is InChI=1S/C29H33FN2O3/c1-4-21-5-12-25(13-6-21)32(29(33)22-7-10-24(30)11-8-22)26-15-17-31(18-16-26)20-23-9-14-27(34-2)19-28(23)35-3/h5-14,19,26H,4,15-18,20H2,1-3H3. The van der Waals surface area contributed by atoms with E-state index in [1.165, 1.54) is 17.7 Å². The summed E-state index contributed by atoms with van der Waals surface area (Å²) < 4.78 is 24.4. The van der Waals surface area contributed by atoms with E-state index in [4.69, 9.17) is 9.47 Å². The van der Waals surface area contributed by atoms with Crippen LogP contribution in [0.2, 0.25) is 0 Å². The van der Waals surface area contributed by atoms with Gasteiger partial charge in [0.05, 0.1) is 14.2 Å². The molecule has 6 heteroatoms. The van der Waals surface area contributed by atoms with Gasteiger partial charge in [-0.15, -0.1) is 0 Å². The number of nitrogens with zero attached hydrogens (tertiary/aromatic N) is 2. The van der Waals surface area contributed by atoms with Crippen LogP contribution >= 0.6 is 0 Å². The fraction of sp³-hybridized carbons (Fsp3) is 0.345. The quantitative estimate of drug-likeness (QED) is 0.417. The van der Waals surface area contributed by atoms with Crippen LogP contribution in [0.3, 0.4) is 0 Å². The molecule has 0 saturated carbocycles. The van der Waals surface area contributed by atoms with Crippen LogP contribution in [-0.4, -0.2) is 44.2 Å². The number of hydrogen-bond donors (Lipinski definition) is 0. The average molecular weight is 477 g/mol. The zero-order valence-corrected chi connectivity index (χ0v) is 20.7. The lowest BCUT2D eigenvalue weighted by Crippen LogP contribution is -2.47. The molecule has 1 aliphatic heterocycles. The summed E-state index contributed by atoms with van der Waals surface area (Å²) in [6.07, 6.45) is 2.64. The molecule has 1 heterocycles. The molecule has 0 radical (unpaired) electrons. The van der Waals surface area contributed by atoms with Crippen molar-refractivity contribution in [2.24, 2.45) is 0 Å². The van der Waals surface area contributed by atoms with Crippen molar-refractivity contribution in [2.75, 3.05) is 32.2 Å². The van der Waals surface area contributed by atoms with E-state index < -0.39 is 0 Å². The van der Waals surface area contributed by atoms with E-state index in [9.17, 15) is 9.18 Å². The summed E-state index contributed by atoms with van der Waals surface area (Å²) >= 11 is 0. The van der Waals surface area contributed by atoms with Gasteiger partial charge >= 0.3 is 0 Å². The predicted molar refractivity (Wildman–Crippen MR) is 137 cm³/mol. The predicted octanol–water partition coefficient (Wildman–Crippen LogP) is 5.72. The molecule has 0 unspecified atom stereocenters. The minimum absolute atomic E-state index is 0.0639. The van der Waals surface area contributed by atoms with Gasteiger partial charge in [0.1, 0.15) is 17.3 Å². The third kappa shape index (κ3) is 5.82. The van der Waals surface area contributed by atoms with Gasteiger partial charge in [0.25, 0.3) is 5.91 Å². The smallest absolute Gasteiger partial charge is 0.258 e. The number of carbonyl (C=O) groups is 1. The van der Waals surface area contributed by atoms with Crippen molar-refractivity contribution in [1.29, 1.82) is 0 Å². The number of piperidine rings is 1. The molecule has 0 atom stereocenters. The first-order chi connectivity index (χ1) is 17.0. The zero-order chi connectivity index (χ0) is 24.8.